The average molecular weight is 249 g/mol. The SMILES string of the molecule is CC(=O)N1C=NC=CC1CC(=O)C1CCNCC1. The van der Waals surface area contributed by atoms with Crippen molar-refractivity contribution in [2.75, 3.05) is 13.1 Å². The molecule has 1 amide bonds. The first-order valence-corrected chi connectivity index (χ1v) is 6.41. The second-order valence-electron chi connectivity index (χ2n) is 4.79. The van der Waals surface area contributed by atoms with E-state index in [0.717, 1.165) is 25.9 Å². The maximum absolute atomic E-state index is 12.2. The van der Waals surface area contributed by atoms with Gasteiger partial charge in [0.05, 0.1) is 12.4 Å². The fourth-order valence-corrected chi connectivity index (χ4v) is 2.44. The number of amides is 1. The van der Waals surface area contributed by atoms with Crippen LogP contribution in [-0.4, -0.2) is 42.1 Å². The summed E-state index contributed by atoms with van der Waals surface area (Å²) >= 11 is 0. The molecule has 0 aromatic heterocycles. The molecule has 1 N–H and O–H groups in total. The smallest absolute Gasteiger partial charge is 0.225 e. The highest BCUT2D eigenvalue weighted by Crippen LogP contribution is 2.18. The molecule has 0 aromatic carbocycles. The van der Waals surface area contributed by atoms with Gasteiger partial charge >= 0.3 is 0 Å². The van der Waals surface area contributed by atoms with Crippen molar-refractivity contribution in [2.45, 2.75) is 32.2 Å². The Bertz CT molecular complexity index is 384. The van der Waals surface area contributed by atoms with Gasteiger partial charge < -0.3 is 5.32 Å². The van der Waals surface area contributed by atoms with Crippen LogP contribution in [0.5, 0.6) is 0 Å². The van der Waals surface area contributed by atoms with Crippen LogP contribution in [-0.2, 0) is 9.59 Å². The Morgan fingerprint density at radius 2 is 2.11 bits per heavy atom. The zero-order valence-electron chi connectivity index (χ0n) is 10.6. The number of nitrogens with zero attached hydrogens (tertiary/aromatic N) is 2. The minimum Gasteiger partial charge on any atom is -0.317 e. The first-order chi connectivity index (χ1) is 8.68. The third-order valence-electron chi connectivity index (χ3n) is 3.51. The number of nitrogens with one attached hydrogen (secondary N) is 1. The van der Waals surface area contributed by atoms with Crippen LogP contribution < -0.4 is 5.32 Å². The van der Waals surface area contributed by atoms with Gasteiger partial charge in [-0.15, -0.1) is 0 Å². The molecule has 1 saturated heterocycles. The molecule has 1 unspecified atom stereocenters. The van der Waals surface area contributed by atoms with E-state index in [1.54, 1.807) is 6.20 Å². The Balaban J connectivity index is 1.95. The van der Waals surface area contributed by atoms with Crippen LogP contribution in [0.25, 0.3) is 0 Å². The summed E-state index contributed by atoms with van der Waals surface area (Å²) in [6.07, 6.45) is 7.18. The number of aliphatic imine (C=N–C) groups is 1. The second kappa shape index (κ2) is 5.91. The minimum absolute atomic E-state index is 0.0776. The van der Waals surface area contributed by atoms with Gasteiger partial charge in [-0.25, -0.2) is 4.99 Å². The van der Waals surface area contributed by atoms with Crippen molar-refractivity contribution in [3.63, 3.8) is 0 Å². The zero-order chi connectivity index (χ0) is 13.0. The van der Waals surface area contributed by atoms with E-state index < -0.39 is 0 Å². The third kappa shape index (κ3) is 3.04. The van der Waals surface area contributed by atoms with Crippen molar-refractivity contribution in [2.24, 2.45) is 10.9 Å². The lowest BCUT2D eigenvalue weighted by Gasteiger charge is -2.28. The highest BCUT2D eigenvalue weighted by molar-refractivity contribution is 5.89. The molecule has 0 radical (unpaired) electrons. The summed E-state index contributed by atoms with van der Waals surface area (Å²) in [6.45, 7) is 3.32. The number of Topliss-reactive ketones (excluding diaryl/α,β-unsaturated/α-hetero) is 1. The highest BCUT2D eigenvalue weighted by atomic mass is 16.2. The number of carbonyl (C=O) groups is 2. The van der Waals surface area contributed by atoms with Crippen molar-refractivity contribution in [3.05, 3.63) is 12.3 Å². The van der Waals surface area contributed by atoms with Crippen molar-refractivity contribution in [1.82, 2.24) is 10.2 Å². The largest absolute Gasteiger partial charge is 0.317 e. The molecule has 0 aliphatic carbocycles. The highest BCUT2D eigenvalue weighted by Gasteiger charge is 2.27. The van der Waals surface area contributed by atoms with E-state index in [1.165, 1.54) is 18.2 Å². The summed E-state index contributed by atoms with van der Waals surface area (Å²) in [5.74, 6) is 0.325. The van der Waals surface area contributed by atoms with Crippen LogP contribution in [0.1, 0.15) is 26.2 Å². The standard InChI is InChI=1S/C13H19N3O2/c1-10(17)16-9-15-7-4-12(16)8-13(18)11-2-5-14-6-3-11/h4,7,9,11-12,14H,2-3,5-6,8H2,1H3. The van der Waals surface area contributed by atoms with Crippen molar-refractivity contribution >= 4 is 18.0 Å². The number of rotatable bonds is 3. The van der Waals surface area contributed by atoms with E-state index >= 15 is 0 Å². The van der Waals surface area contributed by atoms with Gasteiger partial charge in [0.2, 0.25) is 5.91 Å². The van der Waals surface area contributed by atoms with E-state index in [9.17, 15) is 9.59 Å². The lowest BCUT2D eigenvalue weighted by Crippen LogP contribution is -2.41. The number of hydrogen-bond acceptors (Lipinski definition) is 4. The van der Waals surface area contributed by atoms with Crippen LogP contribution in [0.15, 0.2) is 17.3 Å². The number of ketones is 1. The maximum atomic E-state index is 12.2. The molecule has 2 aliphatic rings. The van der Waals surface area contributed by atoms with Crippen molar-refractivity contribution in [3.8, 4) is 0 Å². The number of hydrogen-bond donors (Lipinski definition) is 1. The Kier molecular flexibility index (Phi) is 4.25. The summed E-state index contributed by atoms with van der Waals surface area (Å²) in [5.41, 5.74) is 0. The molecule has 5 heteroatoms. The summed E-state index contributed by atoms with van der Waals surface area (Å²) < 4.78 is 0. The predicted molar refractivity (Wildman–Crippen MR) is 69.2 cm³/mol. The third-order valence-corrected chi connectivity index (χ3v) is 3.51. The molecule has 2 rings (SSSR count). The van der Waals surface area contributed by atoms with E-state index in [1.807, 2.05) is 6.08 Å². The number of carbonyl (C=O) groups excluding carboxylic acids is 2. The van der Waals surface area contributed by atoms with Crippen LogP contribution in [0.3, 0.4) is 0 Å². The molecular weight excluding hydrogens is 230 g/mol. The zero-order valence-corrected chi connectivity index (χ0v) is 10.6. The molecule has 18 heavy (non-hydrogen) atoms. The molecule has 1 fully saturated rings. The van der Waals surface area contributed by atoms with E-state index in [4.69, 9.17) is 0 Å². The molecule has 5 nitrogen and oxygen atoms in total. The summed E-state index contributed by atoms with van der Waals surface area (Å²) in [6, 6.07) is -0.164. The summed E-state index contributed by atoms with van der Waals surface area (Å²) in [5, 5.41) is 3.25. The van der Waals surface area contributed by atoms with Gasteiger partial charge in [-0.2, -0.15) is 0 Å². The molecule has 0 spiro atoms. The number of piperidine rings is 1. The summed E-state index contributed by atoms with van der Waals surface area (Å²) in [4.78, 5) is 29.1. The Hall–Kier alpha value is -1.49. The van der Waals surface area contributed by atoms with Crippen LogP contribution in [0, 0.1) is 5.92 Å². The quantitative estimate of drug-likeness (QED) is 0.801. The van der Waals surface area contributed by atoms with Gasteiger partial charge in [-0.1, -0.05) is 0 Å². The molecule has 1 atom stereocenters. The lowest BCUT2D eigenvalue weighted by molar-refractivity contribution is -0.128. The van der Waals surface area contributed by atoms with Gasteiger partial charge in [0.1, 0.15) is 5.78 Å². The van der Waals surface area contributed by atoms with Gasteiger partial charge in [0.25, 0.3) is 0 Å². The van der Waals surface area contributed by atoms with Gasteiger partial charge in [-0.3, -0.25) is 14.5 Å². The first kappa shape index (κ1) is 13.0. The maximum Gasteiger partial charge on any atom is 0.225 e. The fourth-order valence-electron chi connectivity index (χ4n) is 2.44. The monoisotopic (exact) mass is 249 g/mol. The fraction of sp³-hybridized carbons (Fsp3) is 0.615. The second-order valence-corrected chi connectivity index (χ2v) is 4.79. The van der Waals surface area contributed by atoms with E-state index in [0.29, 0.717) is 6.42 Å². The van der Waals surface area contributed by atoms with Crippen molar-refractivity contribution in [1.29, 1.82) is 0 Å². The molecule has 0 aromatic rings. The predicted octanol–water partition coefficient (Wildman–Crippen LogP) is 0.718. The Morgan fingerprint density at radius 3 is 2.78 bits per heavy atom. The van der Waals surface area contributed by atoms with Crippen LogP contribution in [0.4, 0.5) is 0 Å². The lowest BCUT2D eigenvalue weighted by atomic mass is 9.89. The van der Waals surface area contributed by atoms with Gasteiger partial charge in [0.15, 0.2) is 0 Å². The van der Waals surface area contributed by atoms with Gasteiger partial charge in [-0.05, 0) is 32.0 Å². The molecule has 2 heterocycles. The van der Waals surface area contributed by atoms with Crippen LogP contribution in [0.2, 0.25) is 0 Å². The first-order valence-electron chi connectivity index (χ1n) is 6.41. The van der Waals surface area contributed by atoms with E-state index in [-0.39, 0.29) is 23.7 Å². The van der Waals surface area contributed by atoms with Gasteiger partial charge in [0, 0.05) is 25.5 Å². The molecular formula is C13H19N3O2. The Morgan fingerprint density at radius 1 is 1.39 bits per heavy atom. The normalized spacial score (nSPS) is 24.3. The van der Waals surface area contributed by atoms with E-state index in [2.05, 4.69) is 10.3 Å². The molecule has 2 aliphatic heterocycles. The van der Waals surface area contributed by atoms with Crippen LogP contribution >= 0.6 is 0 Å². The molecule has 0 bridgehead atoms. The minimum atomic E-state index is -0.164. The topological polar surface area (TPSA) is 61.8 Å². The van der Waals surface area contributed by atoms with Crippen molar-refractivity contribution < 1.29 is 9.59 Å². The Labute approximate surface area is 107 Å². The summed E-state index contributed by atoms with van der Waals surface area (Å²) in [7, 11) is 0. The molecule has 98 valence electrons. The molecule has 0 saturated carbocycles. The average Bonchev–Trinajstić information content (AvgIpc) is 2.40.